The molecular weight excluding hydrogens is 486 g/mol. The molecule has 3 aromatic heterocycles. The predicted molar refractivity (Wildman–Crippen MR) is 166 cm³/mol. The Morgan fingerprint density at radius 3 is 1.35 bits per heavy atom. The number of rotatable bonds is 4. The molecule has 0 aliphatic rings. The zero-order valence-corrected chi connectivity index (χ0v) is 21.8. The average Bonchev–Trinajstić information content (AvgIpc) is 3.55. The average molecular weight is 512 g/mol. The van der Waals surface area contributed by atoms with E-state index in [1.165, 1.54) is 27.2 Å². The molecule has 0 fully saturated rings. The van der Waals surface area contributed by atoms with E-state index >= 15 is 0 Å². The zero-order chi connectivity index (χ0) is 26.5. The number of para-hydroxylation sites is 3. The fraction of sp³-hybridized carbons (Fsp3) is 0. The smallest absolute Gasteiger partial charge is 0.131 e. The lowest BCUT2D eigenvalue weighted by Gasteiger charge is -2.15. The minimum Gasteiger partial charge on any atom is -0.295 e. The molecule has 0 radical (unpaired) electrons. The van der Waals surface area contributed by atoms with Gasteiger partial charge in [0.2, 0.25) is 0 Å². The number of nitrogens with zero attached hydrogens (tertiary/aromatic N) is 3. The van der Waals surface area contributed by atoms with Gasteiger partial charge in [0.25, 0.3) is 0 Å². The summed E-state index contributed by atoms with van der Waals surface area (Å²) < 4.78 is 4.81. The number of hydrogen-bond acceptors (Lipinski definition) is 1. The van der Waals surface area contributed by atoms with Crippen LogP contribution >= 0.6 is 0 Å². The van der Waals surface area contributed by atoms with Crippen LogP contribution in [0.5, 0.6) is 0 Å². The Kier molecular flexibility index (Phi) is 5.14. The summed E-state index contributed by atoms with van der Waals surface area (Å²) in [6, 6.07) is 53.5. The van der Waals surface area contributed by atoms with E-state index < -0.39 is 0 Å². The van der Waals surface area contributed by atoms with Gasteiger partial charge in [-0.05, 0) is 36.4 Å². The number of pyridine rings is 1. The molecule has 0 N–H and O–H groups in total. The van der Waals surface area contributed by atoms with E-state index in [2.05, 4.69) is 149 Å². The molecular formula is C37H25N3. The first-order valence-corrected chi connectivity index (χ1v) is 13.6. The van der Waals surface area contributed by atoms with Crippen molar-refractivity contribution in [1.29, 1.82) is 0 Å². The van der Waals surface area contributed by atoms with E-state index in [0.717, 1.165) is 39.5 Å². The second-order valence-corrected chi connectivity index (χ2v) is 10.1. The van der Waals surface area contributed by atoms with Crippen molar-refractivity contribution in [3.05, 3.63) is 152 Å². The van der Waals surface area contributed by atoms with Crippen LogP contribution in [0.25, 0.3) is 66.7 Å². The molecule has 0 spiro atoms. The van der Waals surface area contributed by atoms with Gasteiger partial charge in [-0.15, -0.1) is 0 Å². The number of aromatic nitrogens is 3. The molecule has 3 heterocycles. The predicted octanol–water partition coefficient (Wildman–Crippen LogP) is 9.46. The SMILES string of the molecule is c1ccc(-c2cc(-n3c4ccccc4c4c5ccccc5n(-c5ccccc5)c43)cc(-c3ccccc3)n2)cc1. The maximum atomic E-state index is 5.15. The summed E-state index contributed by atoms with van der Waals surface area (Å²) in [5.74, 6) is 0. The minimum atomic E-state index is 0.949. The van der Waals surface area contributed by atoms with Crippen LogP contribution in [0.2, 0.25) is 0 Å². The maximum Gasteiger partial charge on any atom is 0.131 e. The van der Waals surface area contributed by atoms with Crippen LogP contribution in [0.4, 0.5) is 0 Å². The first-order valence-electron chi connectivity index (χ1n) is 13.6. The highest BCUT2D eigenvalue weighted by Crippen LogP contribution is 2.41. The van der Waals surface area contributed by atoms with Gasteiger partial charge in [-0.25, -0.2) is 4.98 Å². The van der Waals surface area contributed by atoms with Crippen molar-refractivity contribution in [2.75, 3.05) is 0 Å². The van der Waals surface area contributed by atoms with Gasteiger partial charge in [-0.3, -0.25) is 9.13 Å². The normalized spacial score (nSPS) is 11.5. The zero-order valence-electron chi connectivity index (χ0n) is 21.8. The Morgan fingerprint density at radius 1 is 0.400 bits per heavy atom. The second-order valence-electron chi connectivity index (χ2n) is 10.1. The number of benzene rings is 5. The van der Waals surface area contributed by atoms with Gasteiger partial charge < -0.3 is 0 Å². The summed E-state index contributed by atoms with van der Waals surface area (Å²) in [5.41, 5.74) is 9.83. The lowest BCUT2D eigenvalue weighted by atomic mass is 10.1. The summed E-state index contributed by atoms with van der Waals surface area (Å²) >= 11 is 0. The lowest BCUT2D eigenvalue weighted by molar-refractivity contribution is 1.06. The maximum absolute atomic E-state index is 5.15. The van der Waals surface area contributed by atoms with Crippen molar-refractivity contribution < 1.29 is 0 Å². The molecule has 0 saturated heterocycles. The molecule has 0 bridgehead atoms. The number of hydrogen-bond donors (Lipinski definition) is 0. The third-order valence-corrected chi connectivity index (χ3v) is 7.70. The van der Waals surface area contributed by atoms with E-state index in [1.54, 1.807) is 0 Å². The van der Waals surface area contributed by atoms with Crippen LogP contribution in [0.3, 0.4) is 0 Å². The van der Waals surface area contributed by atoms with E-state index in [4.69, 9.17) is 4.98 Å². The number of fused-ring (bicyclic) bond motifs is 5. The fourth-order valence-corrected chi connectivity index (χ4v) is 5.96. The molecule has 3 nitrogen and oxygen atoms in total. The van der Waals surface area contributed by atoms with Gasteiger partial charge in [0.15, 0.2) is 0 Å². The largest absolute Gasteiger partial charge is 0.295 e. The van der Waals surface area contributed by atoms with Crippen molar-refractivity contribution >= 4 is 32.8 Å². The molecule has 0 atom stereocenters. The van der Waals surface area contributed by atoms with Crippen molar-refractivity contribution in [2.24, 2.45) is 0 Å². The van der Waals surface area contributed by atoms with Crippen molar-refractivity contribution in [3.63, 3.8) is 0 Å². The van der Waals surface area contributed by atoms with Gasteiger partial charge >= 0.3 is 0 Å². The molecule has 40 heavy (non-hydrogen) atoms. The standard InChI is InChI=1S/C37H25N3/c1-4-14-26(15-5-1)32-24-29(25-33(38-32)27-16-6-2-7-17-27)40-35-23-13-11-21-31(35)36-30-20-10-12-22-34(30)39(37(36)40)28-18-8-3-9-19-28/h1-25H. The Balaban J connectivity index is 1.54. The molecule has 0 saturated carbocycles. The molecule has 188 valence electrons. The van der Waals surface area contributed by atoms with E-state index in [0.29, 0.717) is 0 Å². The van der Waals surface area contributed by atoms with E-state index in [9.17, 15) is 0 Å². The van der Waals surface area contributed by atoms with Crippen molar-refractivity contribution in [1.82, 2.24) is 14.1 Å². The van der Waals surface area contributed by atoms with Crippen LogP contribution in [0.15, 0.2) is 152 Å². The van der Waals surface area contributed by atoms with Crippen LogP contribution < -0.4 is 0 Å². The highest BCUT2D eigenvalue weighted by Gasteiger charge is 2.22. The first kappa shape index (κ1) is 22.6. The van der Waals surface area contributed by atoms with Gasteiger partial charge in [0.05, 0.1) is 28.1 Å². The summed E-state index contributed by atoms with van der Waals surface area (Å²) in [4.78, 5) is 5.15. The molecule has 0 amide bonds. The van der Waals surface area contributed by atoms with Crippen molar-refractivity contribution in [3.8, 4) is 33.9 Å². The molecule has 8 aromatic rings. The van der Waals surface area contributed by atoms with Gasteiger partial charge in [0, 0.05) is 33.0 Å². The molecule has 0 aliphatic heterocycles. The minimum absolute atomic E-state index is 0.949. The fourth-order valence-electron chi connectivity index (χ4n) is 5.96. The summed E-state index contributed by atoms with van der Waals surface area (Å²) in [7, 11) is 0. The highest BCUT2D eigenvalue weighted by atomic mass is 15.1. The van der Waals surface area contributed by atoms with Crippen molar-refractivity contribution in [2.45, 2.75) is 0 Å². The topological polar surface area (TPSA) is 22.8 Å². The Hall–Kier alpha value is -5.41. The monoisotopic (exact) mass is 511 g/mol. The van der Waals surface area contributed by atoms with Crippen LogP contribution in [0, 0.1) is 0 Å². The quantitative estimate of drug-likeness (QED) is 0.231. The first-order chi connectivity index (χ1) is 19.9. The molecule has 0 aliphatic carbocycles. The van der Waals surface area contributed by atoms with Gasteiger partial charge in [0.1, 0.15) is 5.65 Å². The lowest BCUT2D eigenvalue weighted by Crippen LogP contribution is -2.03. The summed E-state index contributed by atoms with van der Waals surface area (Å²) in [5, 5.41) is 3.74. The van der Waals surface area contributed by atoms with Gasteiger partial charge in [-0.1, -0.05) is 115 Å². The third-order valence-electron chi connectivity index (χ3n) is 7.70. The molecule has 5 aromatic carbocycles. The van der Waals surface area contributed by atoms with E-state index in [-0.39, 0.29) is 0 Å². The molecule has 3 heteroatoms. The Labute approximate surface area is 232 Å². The van der Waals surface area contributed by atoms with Crippen LogP contribution in [0.1, 0.15) is 0 Å². The molecule has 8 rings (SSSR count). The third kappa shape index (κ3) is 3.49. The molecule has 0 unspecified atom stereocenters. The second kappa shape index (κ2) is 9.11. The highest BCUT2D eigenvalue weighted by molar-refractivity contribution is 6.22. The Morgan fingerprint density at radius 2 is 0.825 bits per heavy atom. The van der Waals surface area contributed by atoms with Crippen LogP contribution in [-0.2, 0) is 0 Å². The van der Waals surface area contributed by atoms with E-state index in [1.807, 2.05) is 12.1 Å². The summed E-state index contributed by atoms with van der Waals surface area (Å²) in [6.45, 7) is 0. The Bertz CT molecular complexity index is 2080. The van der Waals surface area contributed by atoms with Crippen LogP contribution in [-0.4, -0.2) is 14.1 Å². The summed E-state index contributed by atoms with van der Waals surface area (Å²) in [6.07, 6.45) is 0. The van der Waals surface area contributed by atoms with Gasteiger partial charge in [-0.2, -0.15) is 0 Å².